The van der Waals surface area contributed by atoms with Gasteiger partial charge in [-0.1, -0.05) is 35.9 Å². The van der Waals surface area contributed by atoms with Gasteiger partial charge in [0.05, 0.1) is 18.6 Å². The first-order chi connectivity index (χ1) is 13.9. The summed E-state index contributed by atoms with van der Waals surface area (Å²) < 4.78 is 32.3. The molecule has 1 aliphatic rings. The maximum absolute atomic E-state index is 12.8. The van der Waals surface area contributed by atoms with E-state index in [1.54, 1.807) is 31.4 Å². The first-order valence-electron chi connectivity index (χ1n) is 9.58. The molecule has 0 bridgehead atoms. The third kappa shape index (κ3) is 5.35. The molecule has 1 fully saturated rings. The Morgan fingerprint density at radius 3 is 2.34 bits per heavy atom. The average Bonchev–Trinajstić information content (AvgIpc) is 2.73. The van der Waals surface area contributed by atoms with Gasteiger partial charge in [0.15, 0.2) is 0 Å². The van der Waals surface area contributed by atoms with Crippen LogP contribution in [0.1, 0.15) is 11.1 Å². The normalized spacial score (nSPS) is 15.8. The van der Waals surface area contributed by atoms with Gasteiger partial charge in [0.25, 0.3) is 0 Å². The minimum atomic E-state index is -3.49. The zero-order valence-corrected chi connectivity index (χ0v) is 17.6. The molecule has 0 saturated carbocycles. The van der Waals surface area contributed by atoms with Crippen LogP contribution < -0.4 is 10.1 Å². The van der Waals surface area contributed by atoms with Crippen LogP contribution in [0.4, 0.5) is 0 Å². The number of benzene rings is 2. The highest BCUT2D eigenvalue weighted by Crippen LogP contribution is 2.18. The molecule has 8 heteroatoms. The number of aryl methyl sites for hydroxylation is 1. The summed E-state index contributed by atoms with van der Waals surface area (Å²) in [5.74, 6) is 0.647. The number of rotatable bonds is 7. The van der Waals surface area contributed by atoms with Gasteiger partial charge in [0.2, 0.25) is 15.9 Å². The van der Waals surface area contributed by atoms with E-state index in [9.17, 15) is 13.2 Å². The quantitative estimate of drug-likeness (QED) is 0.741. The fourth-order valence-electron chi connectivity index (χ4n) is 3.29. The molecule has 0 atom stereocenters. The van der Waals surface area contributed by atoms with E-state index in [2.05, 4.69) is 5.32 Å². The van der Waals surface area contributed by atoms with Crippen LogP contribution in [0.5, 0.6) is 5.75 Å². The van der Waals surface area contributed by atoms with Gasteiger partial charge in [0.1, 0.15) is 5.75 Å². The summed E-state index contributed by atoms with van der Waals surface area (Å²) in [5, 5.41) is 2.90. The number of piperazine rings is 1. The molecule has 0 spiro atoms. The predicted molar refractivity (Wildman–Crippen MR) is 111 cm³/mol. The first kappa shape index (κ1) is 21.3. The second-order valence-corrected chi connectivity index (χ2v) is 9.02. The molecule has 1 N–H and O–H groups in total. The first-order valence-corrected chi connectivity index (χ1v) is 11.0. The Labute approximate surface area is 172 Å². The maximum Gasteiger partial charge on any atom is 0.243 e. The van der Waals surface area contributed by atoms with Gasteiger partial charge in [-0.3, -0.25) is 9.69 Å². The highest BCUT2D eigenvalue weighted by molar-refractivity contribution is 7.89. The van der Waals surface area contributed by atoms with Crippen molar-refractivity contribution in [2.75, 3.05) is 39.8 Å². The average molecular weight is 418 g/mol. The minimum Gasteiger partial charge on any atom is -0.496 e. The Balaban J connectivity index is 1.49. The topological polar surface area (TPSA) is 79.0 Å². The van der Waals surface area contributed by atoms with E-state index in [4.69, 9.17) is 4.74 Å². The Morgan fingerprint density at radius 1 is 1.03 bits per heavy atom. The van der Waals surface area contributed by atoms with Crippen LogP contribution in [0.15, 0.2) is 53.4 Å². The summed E-state index contributed by atoms with van der Waals surface area (Å²) >= 11 is 0. The summed E-state index contributed by atoms with van der Waals surface area (Å²) in [4.78, 5) is 14.6. The van der Waals surface area contributed by atoms with Gasteiger partial charge in [0, 0.05) is 38.3 Å². The van der Waals surface area contributed by atoms with Gasteiger partial charge in [-0.25, -0.2) is 8.42 Å². The Kier molecular flexibility index (Phi) is 6.89. The van der Waals surface area contributed by atoms with Crippen LogP contribution in [-0.4, -0.2) is 63.4 Å². The summed E-state index contributed by atoms with van der Waals surface area (Å²) in [6.07, 6.45) is 0. The molecule has 0 aliphatic carbocycles. The lowest BCUT2D eigenvalue weighted by Crippen LogP contribution is -2.50. The highest BCUT2D eigenvalue weighted by atomic mass is 32.2. The molecule has 0 radical (unpaired) electrons. The third-order valence-electron chi connectivity index (χ3n) is 5.03. The monoisotopic (exact) mass is 417 g/mol. The van der Waals surface area contributed by atoms with Crippen molar-refractivity contribution in [3.63, 3.8) is 0 Å². The van der Waals surface area contributed by atoms with E-state index in [0.717, 1.165) is 16.9 Å². The highest BCUT2D eigenvalue weighted by Gasteiger charge is 2.28. The second-order valence-electron chi connectivity index (χ2n) is 7.08. The SMILES string of the molecule is COc1ccccc1CNC(=O)CN1CCN(S(=O)(=O)c2ccc(C)cc2)CC1. The number of carbonyl (C=O) groups is 1. The molecule has 29 heavy (non-hydrogen) atoms. The molecule has 1 amide bonds. The lowest BCUT2D eigenvalue weighted by molar-refractivity contribution is -0.122. The van der Waals surface area contributed by atoms with E-state index < -0.39 is 10.0 Å². The van der Waals surface area contributed by atoms with Crippen molar-refractivity contribution < 1.29 is 17.9 Å². The van der Waals surface area contributed by atoms with E-state index in [-0.39, 0.29) is 12.5 Å². The number of nitrogens with one attached hydrogen (secondary N) is 1. The van der Waals surface area contributed by atoms with Gasteiger partial charge in [-0.15, -0.1) is 0 Å². The number of sulfonamides is 1. The molecule has 1 heterocycles. The van der Waals surface area contributed by atoms with Crippen LogP contribution in [0, 0.1) is 6.92 Å². The number of carbonyl (C=O) groups excluding carboxylic acids is 1. The van der Waals surface area contributed by atoms with Gasteiger partial charge >= 0.3 is 0 Å². The van der Waals surface area contributed by atoms with Crippen molar-refractivity contribution in [1.82, 2.24) is 14.5 Å². The fraction of sp³-hybridized carbons (Fsp3) is 0.381. The Morgan fingerprint density at radius 2 is 1.69 bits per heavy atom. The van der Waals surface area contributed by atoms with E-state index >= 15 is 0 Å². The van der Waals surface area contributed by atoms with Gasteiger partial charge in [-0.2, -0.15) is 4.31 Å². The van der Waals surface area contributed by atoms with E-state index in [0.29, 0.717) is 37.6 Å². The molecule has 2 aromatic rings. The number of nitrogens with zero attached hydrogens (tertiary/aromatic N) is 2. The molecule has 156 valence electrons. The number of para-hydroxylation sites is 1. The van der Waals surface area contributed by atoms with Crippen molar-refractivity contribution in [3.05, 3.63) is 59.7 Å². The fourth-order valence-corrected chi connectivity index (χ4v) is 4.71. The predicted octanol–water partition coefficient (Wildman–Crippen LogP) is 1.63. The molecule has 3 rings (SSSR count). The molecular formula is C21H27N3O4S. The minimum absolute atomic E-state index is 0.0919. The number of hydrogen-bond donors (Lipinski definition) is 1. The standard InChI is InChI=1S/C21H27N3O4S/c1-17-7-9-19(10-8-17)29(26,27)24-13-11-23(12-14-24)16-21(25)22-15-18-5-3-4-6-20(18)28-2/h3-10H,11-16H2,1-2H3,(H,22,25). The van der Waals surface area contributed by atoms with E-state index in [1.165, 1.54) is 4.31 Å². The van der Waals surface area contributed by atoms with Crippen molar-refractivity contribution in [2.24, 2.45) is 0 Å². The number of ether oxygens (including phenoxy) is 1. The van der Waals surface area contributed by atoms with Gasteiger partial charge < -0.3 is 10.1 Å². The summed E-state index contributed by atoms with van der Waals surface area (Å²) in [6, 6.07) is 14.4. The molecule has 1 aliphatic heterocycles. The number of hydrogen-bond acceptors (Lipinski definition) is 5. The maximum atomic E-state index is 12.8. The van der Waals surface area contributed by atoms with Crippen LogP contribution in [0.2, 0.25) is 0 Å². The Hall–Kier alpha value is -2.42. The molecular weight excluding hydrogens is 390 g/mol. The lowest BCUT2D eigenvalue weighted by atomic mass is 10.2. The number of methoxy groups -OCH3 is 1. The van der Waals surface area contributed by atoms with E-state index in [1.807, 2.05) is 36.1 Å². The summed E-state index contributed by atoms with van der Waals surface area (Å²) in [5.41, 5.74) is 1.94. The Bertz CT molecular complexity index is 937. The van der Waals surface area contributed by atoms with Crippen molar-refractivity contribution >= 4 is 15.9 Å². The van der Waals surface area contributed by atoms with Crippen LogP contribution >= 0.6 is 0 Å². The number of amides is 1. The van der Waals surface area contributed by atoms with Crippen LogP contribution in [-0.2, 0) is 21.4 Å². The van der Waals surface area contributed by atoms with Crippen molar-refractivity contribution in [3.8, 4) is 5.75 Å². The van der Waals surface area contributed by atoms with Crippen LogP contribution in [0.25, 0.3) is 0 Å². The summed E-state index contributed by atoms with van der Waals surface area (Å²) in [7, 11) is -1.89. The smallest absolute Gasteiger partial charge is 0.243 e. The van der Waals surface area contributed by atoms with Crippen molar-refractivity contribution in [2.45, 2.75) is 18.4 Å². The third-order valence-corrected chi connectivity index (χ3v) is 6.94. The van der Waals surface area contributed by atoms with Crippen molar-refractivity contribution in [1.29, 1.82) is 0 Å². The largest absolute Gasteiger partial charge is 0.496 e. The van der Waals surface area contributed by atoms with Crippen LogP contribution in [0.3, 0.4) is 0 Å². The van der Waals surface area contributed by atoms with Gasteiger partial charge in [-0.05, 0) is 25.1 Å². The molecule has 1 saturated heterocycles. The lowest BCUT2D eigenvalue weighted by Gasteiger charge is -2.33. The zero-order valence-electron chi connectivity index (χ0n) is 16.8. The molecule has 7 nitrogen and oxygen atoms in total. The second kappa shape index (κ2) is 9.39. The molecule has 0 aromatic heterocycles. The molecule has 2 aromatic carbocycles. The summed E-state index contributed by atoms with van der Waals surface area (Å²) in [6.45, 7) is 4.35. The molecule has 0 unspecified atom stereocenters. The zero-order chi connectivity index (χ0) is 20.9.